The third kappa shape index (κ3) is 7.21. The van der Waals surface area contributed by atoms with Gasteiger partial charge in [-0.05, 0) is 60.1 Å². The number of benzene rings is 1. The van der Waals surface area contributed by atoms with Crippen LogP contribution in [0.15, 0.2) is 36.6 Å². The molecule has 0 bridgehead atoms. The minimum absolute atomic E-state index is 0.0398. The van der Waals surface area contributed by atoms with Crippen LogP contribution >= 0.6 is 15.9 Å². The van der Waals surface area contributed by atoms with Crippen molar-refractivity contribution in [3.8, 4) is 17.2 Å². The summed E-state index contributed by atoms with van der Waals surface area (Å²) in [6.45, 7) is 5.90. The van der Waals surface area contributed by atoms with Crippen molar-refractivity contribution in [2.45, 2.75) is 45.9 Å². The Kier molecular flexibility index (Phi) is 8.57. The van der Waals surface area contributed by atoms with Crippen LogP contribution in [-0.4, -0.2) is 57.0 Å². The van der Waals surface area contributed by atoms with E-state index >= 15 is 0 Å². The number of nitrogens with zero attached hydrogens (tertiary/aromatic N) is 4. The molecule has 0 aliphatic rings. The predicted molar refractivity (Wildman–Crippen MR) is 122 cm³/mol. The molecule has 0 spiro atoms. The van der Waals surface area contributed by atoms with Gasteiger partial charge >= 0.3 is 17.8 Å². The summed E-state index contributed by atoms with van der Waals surface area (Å²) in [5.74, 6) is -1.96. The molecule has 1 atom stereocenters. The fraction of sp³-hybridized carbons (Fsp3) is 0.429. The summed E-state index contributed by atoms with van der Waals surface area (Å²) in [7, 11) is 0. The van der Waals surface area contributed by atoms with E-state index < -0.39 is 35.3 Å². The fourth-order valence-electron chi connectivity index (χ4n) is 2.84. The summed E-state index contributed by atoms with van der Waals surface area (Å²) in [6.07, 6.45) is -0.718. The maximum Gasteiger partial charge on any atom is 0.446 e. The lowest BCUT2D eigenvalue weighted by molar-refractivity contribution is -0.142. The lowest BCUT2D eigenvalue weighted by atomic mass is 10.2. The number of carbonyl (C=O) groups is 2. The van der Waals surface area contributed by atoms with Crippen LogP contribution in [0, 0.1) is 5.82 Å². The molecule has 2 heterocycles. The van der Waals surface area contributed by atoms with E-state index in [2.05, 4.69) is 36.7 Å². The Balaban J connectivity index is 1.74. The van der Waals surface area contributed by atoms with E-state index in [1.807, 2.05) is 0 Å². The number of alkyl carbamates (subject to hydrolysis) is 1. The molecule has 0 aliphatic carbocycles. The molecular weight excluding hydrogens is 549 g/mol. The van der Waals surface area contributed by atoms with Gasteiger partial charge in [-0.3, -0.25) is 9.32 Å². The Bertz CT molecular complexity index is 1280. The number of rotatable bonds is 9. The van der Waals surface area contributed by atoms with Crippen molar-refractivity contribution in [1.29, 1.82) is 0 Å². The predicted octanol–water partition coefficient (Wildman–Crippen LogP) is 2.75. The molecule has 0 radical (unpaired) electrons. The van der Waals surface area contributed by atoms with Crippen LogP contribution in [0.25, 0.3) is 17.2 Å². The molecule has 13 nitrogen and oxygen atoms in total. The van der Waals surface area contributed by atoms with Gasteiger partial charge in [-0.25, -0.2) is 23.2 Å². The van der Waals surface area contributed by atoms with Gasteiger partial charge in [-0.1, -0.05) is 10.3 Å². The molecule has 1 aromatic carbocycles. The molecule has 3 rings (SSSR count). The number of amides is 1. The lowest BCUT2D eigenvalue weighted by Gasteiger charge is -2.23. The Morgan fingerprint density at radius 1 is 1.22 bits per heavy atom. The maximum absolute atomic E-state index is 13.7. The van der Waals surface area contributed by atoms with E-state index in [0.29, 0.717) is 0 Å². The number of ether oxygens (including phenoxy) is 3. The van der Waals surface area contributed by atoms with E-state index in [-0.39, 0.29) is 47.2 Å². The molecule has 3 aromatic rings. The summed E-state index contributed by atoms with van der Waals surface area (Å²) in [5.41, 5.74) is -0.284. The summed E-state index contributed by atoms with van der Waals surface area (Å²) < 4.78 is 40.2. The summed E-state index contributed by atoms with van der Waals surface area (Å²) in [6, 6.07) is 3.14. The van der Waals surface area contributed by atoms with Gasteiger partial charge in [0.2, 0.25) is 5.82 Å². The molecular formula is C21H23BrFN5O8. The number of hydrogen-bond donors (Lipinski definition) is 1. The molecule has 36 heavy (non-hydrogen) atoms. The second-order valence-corrected chi connectivity index (χ2v) is 9.28. The van der Waals surface area contributed by atoms with Crippen LogP contribution in [-0.2, 0) is 25.6 Å². The van der Waals surface area contributed by atoms with Gasteiger partial charge < -0.3 is 19.5 Å². The summed E-state index contributed by atoms with van der Waals surface area (Å²) in [5, 5.41) is 13.9. The third-order valence-electron chi connectivity index (χ3n) is 4.30. The van der Waals surface area contributed by atoms with Gasteiger partial charge in [0.15, 0.2) is 5.69 Å². The van der Waals surface area contributed by atoms with Gasteiger partial charge in [0.05, 0.1) is 29.4 Å². The first-order valence-corrected chi connectivity index (χ1v) is 11.3. The first kappa shape index (κ1) is 27.0. The van der Waals surface area contributed by atoms with Crippen LogP contribution in [0.3, 0.4) is 0 Å². The van der Waals surface area contributed by atoms with Crippen molar-refractivity contribution in [1.82, 2.24) is 25.4 Å². The molecule has 1 unspecified atom stereocenters. The quantitative estimate of drug-likeness (QED) is 0.376. The van der Waals surface area contributed by atoms with Crippen molar-refractivity contribution in [3.05, 3.63) is 44.7 Å². The number of halogens is 2. The standard InChI is InChI=1S/C21H23BrFN5O8/c1-11(29)33-9-12(24-19(30)34-21(2,3)4)8-32-10-16-17(26-36-25-16)18-27-35-20(31)28(18)13-5-6-15(23)14(22)7-13/h5-7,12H,8-10H2,1-4H3,(H,24,30). The zero-order chi connectivity index (χ0) is 26.5. The molecule has 0 aliphatic heterocycles. The van der Waals surface area contributed by atoms with E-state index in [1.54, 1.807) is 20.8 Å². The Hall–Kier alpha value is -3.59. The van der Waals surface area contributed by atoms with Gasteiger partial charge in [0, 0.05) is 6.92 Å². The Labute approximate surface area is 211 Å². The van der Waals surface area contributed by atoms with E-state index in [9.17, 15) is 18.8 Å². The minimum Gasteiger partial charge on any atom is -0.464 e. The molecule has 194 valence electrons. The molecule has 0 fully saturated rings. The van der Waals surface area contributed by atoms with Crippen molar-refractivity contribution < 1.29 is 37.3 Å². The van der Waals surface area contributed by atoms with Crippen molar-refractivity contribution in [2.75, 3.05) is 13.2 Å². The topological polar surface area (TPSA) is 161 Å². The van der Waals surface area contributed by atoms with Crippen LogP contribution in [0.2, 0.25) is 0 Å². The highest BCUT2D eigenvalue weighted by molar-refractivity contribution is 9.10. The molecule has 15 heteroatoms. The largest absolute Gasteiger partial charge is 0.464 e. The molecule has 1 amide bonds. The van der Waals surface area contributed by atoms with Crippen molar-refractivity contribution in [2.24, 2.45) is 0 Å². The van der Waals surface area contributed by atoms with Crippen molar-refractivity contribution >= 4 is 28.0 Å². The zero-order valence-corrected chi connectivity index (χ0v) is 21.3. The summed E-state index contributed by atoms with van der Waals surface area (Å²) >= 11 is 3.07. The van der Waals surface area contributed by atoms with Gasteiger partial charge in [0.1, 0.15) is 23.7 Å². The molecule has 2 aromatic heterocycles. The first-order valence-electron chi connectivity index (χ1n) is 10.5. The zero-order valence-electron chi connectivity index (χ0n) is 19.7. The van der Waals surface area contributed by atoms with E-state index in [0.717, 1.165) is 10.6 Å². The fourth-order valence-corrected chi connectivity index (χ4v) is 3.21. The number of aromatic nitrogens is 4. The number of carbonyl (C=O) groups excluding carboxylic acids is 2. The smallest absolute Gasteiger partial charge is 0.446 e. The van der Waals surface area contributed by atoms with Crippen LogP contribution < -0.4 is 11.1 Å². The highest BCUT2D eigenvalue weighted by atomic mass is 79.9. The second-order valence-electron chi connectivity index (χ2n) is 8.43. The van der Waals surface area contributed by atoms with Crippen LogP contribution in [0.5, 0.6) is 0 Å². The lowest BCUT2D eigenvalue weighted by Crippen LogP contribution is -2.44. The van der Waals surface area contributed by atoms with Gasteiger partial charge in [-0.15, -0.1) is 0 Å². The SMILES string of the molecule is CC(=O)OCC(COCc1nonc1-c1noc(=O)n1-c1ccc(F)c(Br)c1)NC(=O)OC(C)(C)C. The van der Waals surface area contributed by atoms with Gasteiger partial charge in [-0.2, -0.15) is 0 Å². The third-order valence-corrected chi connectivity index (χ3v) is 4.91. The highest BCUT2D eigenvalue weighted by Crippen LogP contribution is 2.24. The Morgan fingerprint density at radius 2 is 1.97 bits per heavy atom. The van der Waals surface area contributed by atoms with Crippen LogP contribution in [0.1, 0.15) is 33.4 Å². The second kappa shape index (κ2) is 11.4. The monoisotopic (exact) mass is 571 g/mol. The highest BCUT2D eigenvalue weighted by Gasteiger charge is 2.24. The maximum atomic E-state index is 13.7. The summed E-state index contributed by atoms with van der Waals surface area (Å²) in [4.78, 5) is 35.6. The first-order chi connectivity index (χ1) is 16.9. The number of nitrogens with one attached hydrogen (secondary N) is 1. The van der Waals surface area contributed by atoms with E-state index in [1.165, 1.54) is 19.1 Å². The molecule has 1 N–H and O–H groups in total. The van der Waals surface area contributed by atoms with Gasteiger partial charge in [0.25, 0.3) is 0 Å². The van der Waals surface area contributed by atoms with Crippen molar-refractivity contribution in [3.63, 3.8) is 0 Å². The molecule has 0 saturated heterocycles. The van der Waals surface area contributed by atoms with E-state index in [4.69, 9.17) is 23.4 Å². The average molecular weight is 572 g/mol. The van der Waals surface area contributed by atoms with Crippen LogP contribution in [0.4, 0.5) is 9.18 Å². The average Bonchev–Trinajstić information content (AvgIpc) is 3.38. The number of esters is 1. The number of hydrogen-bond acceptors (Lipinski definition) is 11. The Morgan fingerprint density at radius 3 is 2.64 bits per heavy atom. The molecule has 0 saturated carbocycles. The normalized spacial score (nSPS) is 12.3. The minimum atomic E-state index is -0.846.